The summed E-state index contributed by atoms with van der Waals surface area (Å²) in [7, 11) is -2.37. The lowest BCUT2D eigenvalue weighted by Gasteiger charge is -2.11. The van der Waals surface area contributed by atoms with Gasteiger partial charge in [0.15, 0.2) is 9.84 Å². The van der Waals surface area contributed by atoms with Crippen molar-refractivity contribution in [1.82, 2.24) is 4.57 Å². The molecule has 0 amide bonds. The van der Waals surface area contributed by atoms with Gasteiger partial charge in [0.2, 0.25) is 5.78 Å². The number of nitrogens with zero attached hydrogens (tertiary/aromatic N) is 1. The molecule has 0 fully saturated rings. The summed E-state index contributed by atoms with van der Waals surface area (Å²) in [6, 6.07) is 8.00. The van der Waals surface area contributed by atoms with Crippen LogP contribution in [0.25, 0.3) is 0 Å². The Labute approximate surface area is 164 Å². The molecular weight excluding hydrogens is 382 g/mol. The van der Waals surface area contributed by atoms with Crippen molar-refractivity contribution in [2.75, 3.05) is 13.4 Å². The van der Waals surface area contributed by atoms with Gasteiger partial charge in [-0.05, 0) is 50.6 Å². The van der Waals surface area contributed by atoms with Crippen LogP contribution in [0.15, 0.2) is 35.2 Å². The molecule has 7 nitrogen and oxygen atoms in total. The predicted octanol–water partition coefficient (Wildman–Crippen LogP) is 2.57. The van der Waals surface area contributed by atoms with Crippen molar-refractivity contribution in [1.29, 1.82) is 0 Å². The summed E-state index contributed by atoms with van der Waals surface area (Å²) in [4.78, 5) is 25.1. The minimum atomic E-state index is -3.66. The van der Waals surface area contributed by atoms with Crippen LogP contribution >= 0.6 is 0 Å². The highest BCUT2D eigenvalue weighted by Crippen LogP contribution is 2.36. The summed E-state index contributed by atoms with van der Waals surface area (Å²) in [5.41, 5.74) is 0.931. The van der Waals surface area contributed by atoms with Gasteiger partial charge in [0.25, 0.3) is 0 Å². The molecule has 3 rings (SSSR count). The summed E-state index contributed by atoms with van der Waals surface area (Å²) >= 11 is 0. The summed E-state index contributed by atoms with van der Waals surface area (Å²) < 4.78 is 36.6. The Morgan fingerprint density at radius 1 is 1.18 bits per heavy atom. The number of aromatic nitrogens is 1. The molecule has 1 aliphatic rings. The smallest absolute Gasteiger partial charge is 0.314 e. The Kier molecular flexibility index (Phi) is 5.34. The molecule has 1 atom stereocenters. The van der Waals surface area contributed by atoms with Crippen LogP contribution in [0.5, 0.6) is 5.75 Å². The van der Waals surface area contributed by atoms with E-state index in [0.29, 0.717) is 30.0 Å². The van der Waals surface area contributed by atoms with Gasteiger partial charge in [0, 0.05) is 24.1 Å². The van der Waals surface area contributed by atoms with Crippen LogP contribution < -0.4 is 4.74 Å². The molecule has 150 valence electrons. The fourth-order valence-electron chi connectivity index (χ4n) is 3.47. The van der Waals surface area contributed by atoms with Crippen molar-refractivity contribution in [2.24, 2.45) is 0 Å². The van der Waals surface area contributed by atoms with E-state index in [1.807, 2.05) is 13.8 Å². The Morgan fingerprint density at radius 2 is 1.82 bits per heavy atom. The third-order valence-corrected chi connectivity index (χ3v) is 5.79. The molecule has 0 saturated heterocycles. The molecule has 0 spiro atoms. The topological polar surface area (TPSA) is 91.7 Å². The van der Waals surface area contributed by atoms with E-state index < -0.39 is 27.5 Å². The van der Waals surface area contributed by atoms with E-state index >= 15 is 0 Å². The second-order valence-electron chi connectivity index (χ2n) is 7.09. The molecule has 28 heavy (non-hydrogen) atoms. The van der Waals surface area contributed by atoms with Crippen molar-refractivity contribution in [2.45, 2.75) is 43.7 Å². The molecule has 0 bridgehead atoms. The van der Waals surface area contributed by atoms with Crippen LogP contribution in [-0.4, -0.2) is 44.2 Å². The molecule has 1 aliphatic heterocycles. The number of carbonyl (C=O) groups is 2. The summed E-state index contributed by atoms with van der Waals surface area (Å²) in [5, 5.41) is 0. The zero-order valence-corrected chi connectivity index (χ0v) is 17.1. The molecule has 1 aromatic heterocycles. The van der Waals surface area contributed by atoms with Crippen LogP contribution in [0, 0.1) is 0 Å². The number of hydrogen-bond donors (Lipinski definition) is 0. The Morgan fingerprint density at radius 3 is 2.36 bits per heavy atom. The minimum absolute atomic E-state index is 0.00235. The first kappa shape index (κ1) is 20.1. The van der Waals surface area contributed by atoms with Crippen LogP contribution in [0.3, 0.4) is 0 Å². The molecule has 0 radical (unpaired) electrons. The number of sulfone groups is 1. The predicted molar refractivity (Wildman–Crippen MR) is 103 cm³/mol. The fraction of sp³-hybridized carbons (Fsp3) is 0.400. The van der Waals surface area contributed by atoms with Gasteiger partial charge < -0.3 is 14.0 Å². The van der Waals surface area contributed by atoms with E-state index in [0.717, 1.165) is 6.26 Å². The number of fused-ring (bicyclic) bond motifs is 1. The third kappa shape index (κ3) is 3.69. The van der Waals surface area contributed by atoms with E-state index in [4.69, 9.17) is 9.47 Å². The Hall–Kier alpha value is -2.61. The van der Waals surface area contributed by atoms with Crippen LogP contribution in [0.1, 0.15) is 47.9 Å². The van der Waals surface area contributed by atoms with E-state index in [2.05, 4.69) is 0 Å². The highest BCUT2D eigenvalue weighted by Gasteiger charge is 2.37. The molecule has 0 N–H and O–H groups in total. The van der Waals surface area contributed by atoms with Crippen molar-refractivity contribution in [3.63, 3.8) is 0 Å². The molecule has 1 unspecified atom stereocenters. The van der Waals surface area contributed by atoms with E-state index in [1.54, 1.807) is 28.8 Å². The number of rotatable bonds is 6. The van der Waals surface area contributed by atoms with Crippen molar-refractivity contribution >= 4 is 21.6 Å². The molecule has 8 heteroatoms. The Bertz CT molecular complexity index is 1020. The lowest BCUT2D eigenvalue weighted by molar-refractivity contribution is -0.142. The molecule has 2 aromatic rings. The quantitative estimate of drug-likeness (QED) is 0.542. The fourth-order valence-corrected chi connectivity index (χ4v) is 4.36. The lowest BCUT2D eigenvalue weighted by Crippen LogP contribution is -2.13. The van der Waals surface area contributed by atoms with Gasteiger partial charge in [-0.15, -0.1) is 0 Å². The summed E-state index contributed by atoms with van der Waals surface area (Å²) in [5.74, 6) is -0.798. The van der Waals surface area contributed by atoms with E-state index in [1.165, 1.54) is 13.2 Å². The number of esters is 1. The highest BCUT2D eigenvalue weighted by atomic mass is 32.2. The number of carbonyl (C=O) groups excluding carboxylic acids is 2. The SMILES string of the molecule is COC(=O)C1CCn2c1cc(S(C)(=O)=O)c2C(=O)c1ccc(OC(C)C)cc1. The molecule has 0 aliphatic carbocycles. The maximum Gasteiger partial charge on any atom is 0.314 e. The van der Waals surface area contributed by atoms with Gasteiger partial charge >= 0.3 is 5.97 Å². The van der Waals surface area contributed by atoms with Gasteiger partial charge in [-0.25, -0.2) is 8.42 Å². The number of benzene rings is 1. The zero-order chi connectivity index (χ0) is 20.6. The average molecular weight is 405 g/mol. The highest BCUT2D eigenvalue weighted by molar-refractivity contribution is 7.90. The van der Waals surface area contributed by atoms with Crippen molar-refractivity contribution in [3.05, 3.63) is 47.3 Å². The molecule has 0 saturated carbocycles. The van der Waals surface area contributed by atoms with E-state index in [-0.39, 0.29) is 16.7 Å². The van der Waals surface area contributed by atoms with Crippen LogP contribution in [0.2, 0.25) is 0 Å². The largest absolute Gasteiger partial charge is 0.491 e. The Balaban J connectivity index is 2.06. The minimum Gasteiger partial charge on any atom is -0.491 e. The second-order valence-corrected chi connectivity index (χ2v) is 9.07. The lowest BCUT2D eigenvalue weighted by atomic mass is 10.1. The number of ketones is 1. The van der Waals surface area contributed by atoms with Gasteiger partial charge in [-0.3, -0.25) is 9.59 Å². The van der Waals surface area contributed by atoms with Gasteiger partial charge in [0.1, 0.15) is 11.4 Å². The molecular formula is C20H23NO6S. The maximum absolute atomic E-state index is 13.2. The third-order valence-electron chi connectivity index (χ3n) is 4.68. The zero-order valence-electron chi connectivity index (χ0n) is 16.3. The van der Waals surface area contributed by atoms with Crippen molar-refractivity contribution < 1.29 is 27.5 Å². The molecule has 1 aromatic carbocycles. The standard InChI is InChI=1S/C20H23NO6S/c1-12(2)27-14-7-5-13(6-8-14)19(22)18-17(28(4,24)25)11-16-15(20(23)26-3)9-10-21(16)18/h5-8,11-12,15H,9-10H2,1-4H3. The van der Waals surface area contributed by atoms with Crippen LogP contribution in [-0.2, 0) is 25.9 Å². The molecule has 2 heterocycles. The first-order valence-corrected chi connectivity index (χ1v) is 10.9. The second kappa shape index (κ2) is 7.43. The number of hydrogen-bond acceptors (Lipinski definition) is 6. The van der Waals surface area contributed by atoms with Gasteiger partial charge in [-0.2, -0.15) is 0 Å². The maximum atomic E-state index is 13.2. The average Bonchev–Trinajstić information content (AvgIpc) is 3.19. The first-order chi connectivity index (χ1) is 13.1. The van der Waals surface area contributed by atoms with Gasteiger partial charge in [-0.1, -0.05) is 0 Å². The number of methoxy groups -OCH3 is 1. The summed E-state index contributed by atoms with van der Waals surface area (Å²) in [6.07, 6.45) is 1.53. The monoisotopic (exact) mass is 405 g/mol. The van der Waals surface area contributed by atoms with Crippen LogP contribution in [0.4, 0.5) is 0 Å². The first-order valence-electron chi connectivity index (χ1n) is 8.96. The normalized spacial score (nSPS) is 16.1. The summed E-state index contributed by atoms with van der Waals surface area (Å²) in [6.45, 7) is 4.18. The van der Waals surface area contributed by atoms with Crippen molar-refractivity contribution in [3.8, 4) is 5.75 Å². The van der Waals surface area contributed by atoms with Gasteiger partial charge in [0.05, 0.1) is 24.0 Å². The van der Waals surface area contributed by atoms with E-state index in [9.17, 15) is 18.0 Å². The number of ether oxygens (including phenoxy) is 2.